The second-order valence-corrected chi connectivity index (χ2v) is 38.4. The van der Waals surface area contributed by atoms with Crippen LogP contribution in [0.4, 0.5) is 52.7 Å². The molecular formula is C89H106F12N16O8S2. The van der Waals surface area contributed by atoms with Gasteiger partial charge in [0.05, 0.1) is 65.2 Å². The van der Waals surface area contributed by atoms with Crippen molar-refractivity contribution in [3.8, 4) is 0 Å². The first-order valence-electron chi connectivity index (χ1n) is 42.5. The summed E-state index contributed by atoms with van der Waals surface area (Å²) in [4.78, 5) is 75.4. The van der Waals surface area contributed by atoms with Crippen LogP contribution in [-0.2, 0) is 129 Å². The third kappa shape index (κ3) is 20.9. The number of aryl methyl sites for hydroxylation is 4. The lowest BCUT2D eigenvalue weighted by Gasteiger charge is -2.33. The number of amides is 5. The fraction of sp³-hybridized carbons (Fsp3) is 0.506. The quantitative estimate of drug-likeness (QED) is 0.0819. The fourth-order valence-corrected chi connectivity index (χ4v) is 20.5. The number of rotatable bonds is 12. The summed E-state index contributed by atoms with van der Waals surface area (Å²) in [7, 11) is -0.450. The molecular weight excluding hydrogens is 1710 g/mol. The molecule has 127 heavy (non-hydrogen) atoms. The summed E-state index contributed by atoms with van der Waals surface area (Å²) in [6.07, 6.45) is -8.13. The highest BCUT2D eigenvalue weighted by Gasteiger charge is 2.44. The molecule has 4 aromatic heterocycles. The maximum atomic E-state index is 13.4. The van der Waals surface area contributed by atoms with Crippen molar-refractivity contribution in [3.05, 3.63) is 222 Å². The molecule has 0 saturated carbocycles. The number of sulfonamides is 1. The van der Waals surface area contributed by atoms with Crippen LogP contribution in [0, 0.1) is 0 Å². The van der Waals surface area contributed by atoms with Gasteiger partial charge in [0.15, 0.2) is 22.8 Å². The van der Waals surface area contributed by atoms with Crippen LogP contribution in [0.2, 0.25) is 0 Å². The summed E-state index contributed by atoms with van der Waals surface area (Å²) in [5, 5.41) is 17.8. The van der Waals surface area contributed by atoms with Crippen LogP contribution >= 0.6 is 0 Å². The van der Waals surface area contributed by atoms with Crippen LogP contribution < -0.4 is 0 Å². The number of fused-ring (bicyclic) bond motifs is 4. The molecule has 5 amide bonds. The number of nitrogens with zero attached hydrogens (tertiary/aromatic N) is 16. The zero-order chi connectivity index (χ0) is 91.9. The van der Waals surface area contributed by atoms with Gasteiger partial charge in [-0.3, -0.25) is 46.9 Å². The van der Waals surface area contributed by atoms with Crippen LogP contribution in [0.5, 0.6) is 0 Å². The Kier molecular flexibility index (Phi) is 28.0. The molecule has 8 aromatic rings. The van der Waals surface area contributed by atoms with Gasteiger partial charge in [0.25, 0.3) is 23.6 Å². The third-order valence-corrected chi connectivity index (χ3v) is 28.4. The maximum absolute atomic E-state index is 13.4. The monoisotopic (exact) mass is 1820 g/mol. The van der Waals surface area contributed by atoms with Gasteiger partial charge in [0.2, 0.25) is 15.9 Å². The van der Waals surface area contributed by atoms with Crippen LogP contribution in [0.1, 0.15) is 234 Å². The molecule has 4 saturated heterocycles. The number of piperidine rings is 4. The molecule has 1 unspecified atom stereocenters. The highest BCUT2D eigenvalue weighted by atomic mass is 32.2. The molecule has 0 N–H and O–H groups in total. The first kappa shape index (κ1) is 94.3. The smallest absolute Gasteiger partial charge is 0.371 e. The van der Waals surface area contributed by atoms with Crippen molar-refractivity contribution in [2.45, 2.75) is 185 Å². The number of likely N-dealkylation sites (tertiary alicyclic amines) is 4. The Morgan fingerprint density at radius 3 is 1.03 bits per heavy atom. The van der Waals surface area contributed by atoms with E-state index in [0.29, 0.717) is 201 Å². The highest BCUT2D eigenvalue weighted by molar-refractivity contribution is 7.97. The number of alkyl halides is 12. The third-order valence-electron chi connectivity index (χ3n) is 25.8. The lowest BCUT2D eigenvalue weighted by atomic mass is 9.86. The van der Waals surface area contributed by atoms with Crippen LogP contribution in [0.25, 0.3) is 0 Å². The Bertz CT molecular complexity index is 5670. The Morgan fingerprint density at radius 1 is 0.378 bits per heavy atom. The lowest BCUT2D eigenvalue weighted by Crippen LogP contribution is -2.39. The highest BCUT2D eigenvalue weighted by Crippen LogP contribution is 2.45. The molecule has 8 aliphatic heterocycles. The molecule has 686 valence electrons. The summed E-state index contributed by atoms with van der Waals surface area (Å²) >= 11 is 0. The summed E-state index contributed by atoms with van der Waals surface area (Å²) < 4.78 is 207. The van der Waals surface area contributed by atoms with Crippen molar-refractivity contribution in [2.24, 2.45) is 21.1 Å². The molecule has 0 spiro atoms. The molecule has 4 fully saturated rings. The van der Waals surface area contributed by atoms with Crippen LogP contribution in [0.3, 0.4) is 0 Å². The topological polar surface area (TPSA) is 234 Å². The van der Waals surface area contributed by atoms with E-state index in [0.717, 1.165) is 89.4 Å². The van der Waals surface area contributed by atoms with Gasteiger partial charge in [-0.15, -0.1) is 0 Å². The number of benzene rings is 4. The van der Waals surface area contributed by atoms with Crippen molar-refractivity contribution in [2.75, 3.05) is 84.5 Å². The van der Waals surface area contributed by atoms with Crippen molar-refractivity contribution < 1.29 is 89.3 Å². The van der Waals surface area contributed by atoms with Gasteiger partial charge in [0.1, 0.15) is 0 Å². The predicted molar refractivity (Wildman–Crippen MR) is 453 cm³/mol. The zero-order valence-electron chi connectivity index (χ0n) is 72.2. The molecule has 0 aliphatic carbocycles. The van der Waals surface area contributed by atoms with E-state index in [1.165, 1.54) is 46.2 Å². The van der Waals surface area contributed by atoms with E-state index >= 15 is 0 Å². The SMILES string of the molecule is C=C(C)N1CCCc2c(c(C(=O)N3CCC(c4ccccc4C(F)(F)F)CC3)nn2C)C1.C=S(C)(=O)N1CCc2c(C(=O)N3CCC(c4ccccc4C(F)(F)F)CC3)nn(C)c2C1.CCn1nc(C(=O)N2CCC(c3ccccc3C(F)(F)F)CC2)c2c1CN(C(C)=O)CC2.Cn1nc(C(=O)N2CCC(c3ccccc3C(F)(F)F)CC2)c2c1CN(S(C)(=O)=O)C2. The first-order chi connectivity index (χ1) is 59.8. The summed E-state index contributed by atoms with van der Waals surface area (Å²) in [6.45, 7) is 16.8. The van der Waals surface area contributed by atoms with E-state index in [4.69, 9.17) is 0 Å². The van der Waals surface area contributed by atoms with E-state index in [1.807, 2.05) is 20.9 Å². The minimum absolute atomic E-state index is 0.00594. The Balaban J connectivity index is 0.000000145. The zero-order valence-corrected chi connectivity index (χ0v) is 73.9. The molecule has 4 aromatic carbocycles. The summed E-state index contributed by atoms with van der Waals surface area (Å²) in [5.41, 5.74) is 8.10. The second-order valence-electron chi connectivity index (χ2n) is 33.9. The minimum atomic E-state index is -4.41. The van der Waals surface area contributed by atoms with Gasteiger partial charge >= 0.3 is 24.7 Å². The van der Waals surface area contributed by atoms with Crippen molar-refractivity contribution in [3.63, 3.8) is 0 Å². The number of carbonyl (C=O) groups is 5. The van der Waals surface area contributed by atoms with E-state index in [9.17, 15) is 89.3 Å². The van der Waals surface area contributed by atoms with Gasteiger partial charge in [0, 0.05) is 169 Å². The van der Waals surface area contributed by atoms with Gasteiger partial charge < -0.3 is 29.4 Å². The number of aromatic nitrogens is 8. The number of hydrogen-bond donors (Lipinski definition) is 0. The Hall–Kier alpha value is -10.3. The molecule has 38 heteroatoms. The average Bonchev–Trinajstić information content (AvgIpc) is 1.62. The Morgan fingerprint density at radius 2 is 0.693 bits per heavy atom. The maximum Gasteiger partial charge on any atom is 0.416 e. The number of hydrogen-bond acceptors (Lipinski definition) is 13. The number of allylic oxidation sites excluding steroid dienone is 1. The van der Waals surface area contributed by atoms with Gasteiger partial charge in [-0.2, -0.15) is 77.4 Å². The average molecular weight is 1820 g/mol. The Labute approximate surface area is 730 Å². The minimum Gasteiger partial charge on any atom is -0.371 e. The second kappa shape index (κ2) is 37.8. The van der Waals surface area contributed by atoms with Crippen molar-refractivity contribution in [1.29, 1.82) is 0 Å². The first-order valence-corrected chi connectivity index (χ1v) is 46.5. The summed E-state index contributed by atoms with van der Waals surface area (Å²) in [6, 6.07) is 22.8. The van der Waals surface area contributed by atoms with E-state index < -0.39 is 66.7 Å². The fourth-order valence-electron chi connectivity index (χ4n) is 18.9. The van der Waals surface area contributed by atoms with E-state index in [2.05, 4.69) is 37.7 Å². The molecule has 12 heterocycles. The molecule has 24 nitrogen and oxygen atoms in total. The predicted octanol–water partition coefficient (Wildman–Crippen LogP) is 14.4. The number of halogens is 12. The summed E-state index contributed by atoms with van der Waals surface area (Å²) in [5.74, 6) is 1.97. The number of carbonyl (C=O) groups excluding carboxylic acids is 5. The van der Waals surface area contributed by atoms with Crippen molar-refractivity contribution >= 4 is 55.1 Å². The molecule has 16 rings (SSSR count). The molecule has 0 bridgehead atoms. The lowest BCUT2D eigenvalue weighted by molar-refractivity contribution is -0.139. The van der Waals surface area contributed by atoms with Gasteiger partial charge in [-0.25, -0.2) is 12.7 Å². The van der Waals surface area contributed by atoms with Crippen LogP contribution in [-0.4, -0.2) is 210 Å². The normalized spacial score (nSPS) is 18.4. The largest absolute Gasteiger partial charge is 0.416 e. The van der Waals surface area contributed by atoms with Crippen molar-refractivity contribution in [1.82, 2.24) is 77.1 Å². The van der Waals surface area contributed by atoms with Crippen LogP contribution in [0.15, 0.2) is 109 Å². The van der Waals surface area contributed by atoms with E-state index in [-0.39, 0.29) is 77.6 Å². The molecule has 1 atom stereocenters. The standard InChI is InChI=1S/C24H29F3N4O.C23H27F3N4O2.C22H27F3N4O2S.C20H23F3N4O3S/c1-16(2)31-12-6-9-21-19(15-31)22(28-29(21)3)23(32)30-13-10-17(11-14-30)18-7-4-5-8-20(18)24(25,26)27;1-3-30-20-14-29(15(2)31)13-10-18(20)21(27-30)22(32)28-11-8-16(9-12-28)17-6-4-5-7-19(17)23(24,25)26;1-27-19-14-29(32(2,3)31)13-10-17(19)20(26-27)21(30)28-11-8-15(9-12-28)16-6-4-5-7-18(16)22(23,24)25;1-25-17-12-27(31(2,29)30)11-15(17)18(24-25)19(28)26-9-7-13(8-10-26)14-5-3-4-6-16(14)20(21,22)23/h4-5,7-8,17H,1,6,9-15H2,2-3H3;4-7,16H,3,8-14H2,1-2H3;4-7,15H,2,8-14H2,1,3H3;3-6,13H,7-12H2,1-2H3. The molecule has 8 aliphatic rings. The van der Waals surface area contributed by atoms with Gasteiger partial charge in [-0.1, -0.05) is 79.4 Å². The van der Waals surface area contributed by atoms with E-state index in [1.54, 1.807) is 106 Å². The van der Waals surface area contributed by atoms with Gasteiger partial charge in [-0.05, 0) is 167 Å². The molecule has 0 radical (unpaired) electrons.